The standard InChI is InChI=1S/C15H18BrNO2S/c1-9-8-10(16)15(20-9)14(17-2)13-11(18-3)6-5-7-12(13)19-4/h5-8,14,17H,1-4H3. The SMILES string of the molecule is CNC(c1sc(C)cc1Br)c1c(OC)cccc1OC. The molecule has 3 nitrogen and oxygen atoms in total. The quantitative estimate of drug-likeness (QED) is 0.873. The van der Waals surface area contributed by atoms with Gasteiger partial charge in [-0.05, 0) is 48.1 Å². The Kier molecular flexibility index (Phi) is 5.07. The summed E-state index contributed by atoms with van der Waals surface area (Å²) in [5.74, 6) is 1.64. The minimum absolute atomic E-state index is 0.0224. The van der Waals surface area contributed by atoms with Crippen molar-refractivity contribution in [1.82, 2.24) is 5.32 Å². The molecule has 5 heteroatoms. The molecule has 1 unspecified atom stereocenters. The lowest BCUT2D eigenvalue weighted by Gasteiger charge is -2.21. The molecular weight excluding hydrogens is 338 g/mol. The van der Waals surface area contributed by atoms with E-state index < -0.39 is 0 Å². The van der Waals surface area contributed by atoms with Crippen LogP contribution in [0.25, 0.3) is 0 Å². The van der Waals surface area contributed by atoms with Crippen LogP contribution < -0.4 is 14.8 Å². The van der Waals surface area contributed by atoms with Gasteiger partial charge in [-0.1, -0.05) is 6.07 Å². The van der Waals surface area contributed by atoms with Gasteiger partial charge in [0, 0.05) is 14.2 Å². The summed E-state index contributed by atoms with van der Waals surface area (Å²) in [7, 11) is 5.30. The van der Waals surface area contributed by atoms with E-state index in [2.05, 4.69) is 34.2 Å². The molecule has 1 atom stereocenters. The number of methoxy groups -OCH3 is 2. The first-order chi connectivity index (χ1) is 9.62. The zero-order valence-corrected chi connectivity index (χ0v) is 14.4. The van der Waals surface area contributed by atoms with Crippen molar-refractivity contribution in [3.63, 3.8) is 0 Å². The first kappa shape index (κ1) is 15.4. The van der Waals surface area contributed by atoms with Crippen molar-refractivity contribution in [1.29, 1.82) is 0 Å². The fourth-order valence-electron chi connectivity index (χ4n) is 2.27. The molecule has 0 radical (unpaired) electrons. The minimum Gasteiger partial charge on any atom is -0.496 e. The second kappa shape index (κ2) is 6.61. The lowest BCUT2D eigenvalue weighted by molar-refractivity contribution is 0.379. The molecule has 0 amide bonds. The summed E-state index contributed by atoms with van der Waals surface area (Å²) in [6, 6.07) is 8.00. The highest BCUT2D eigenvalue weighted by atomic mass is 79.9. The third-order valence-electron chi connectivity index (χ3n) is 3.14. The Morgan fingerprint density at radius 3 is 2.20 bits per heavy atom. The molecule has 2 rings (SSSR count). The number of rotatable bonds is 5. The maximum Gasteiger partial charge on any atom is 0.127 e. The van der Waals surface area contributed by atoms with Gasteiger partial charge < -0.3 is 14.8 Å². The molecule has 1 N–H and O–H groups in total. The molecule has 0 bridgehead atoms. The van der Waals surface area contributed by atoms with Crippen LogP contribution in [0.3, 0.4) is 0 Å². The molecular formula is C15H18BrNO2S. The van der Waals surface area contributed by atoms with Crippen LogP contribution in [0, 0.1) is 6.92 Å². The molecule has 0 aliphatic carbocycles. The molecule has 1 aromatic carbocycles. The minimum atomic E-state index is 0.0224. The van der Waals surface area contributed by atoms with Gasteiger partial charge in [-0.25, -0.2) is 0 Å². The van der Waals surface area contributed by atoms with Gasteiger partial charge in [-0.2, -0.15) is 0 Å². The molecule has 1 aromatic heterocycles. The highest BCUT2D eigenvalue weighted by Gasteiger charge is 2.24. The zero-order chi connectivity index (χ0) is 14.7. The predicted octanol–water partition coefficient (Wildman–Crippen LogP) is 4.15. The van der Waals surface area contributed by atoms with E-state index in [1.165, 1.54) is 9.75 Å². The van der Waals surface area contributed by atoms with Gasteiger partial charge in [-0.3, -0.25) is 0 Å². The van der Waals surface area contributed by atoms with E-state index in [1.807, 2.05) is 25.2 Å². The summed E-state index contributed by atoms with van der Waals surface area (Å²) in [4.78, 5) is 2.48. The normalized spacial score (nSPS) is 12.2. The average molecular weight is 356 g/mol. The van der Waals surface area contributed by atoms with Crippen LogP contribution in [0.2, 0.25) is 0 Å². The van der Waals surface area contributed by atoms with Crippen molar-refractivity contribution in [2.45, 2.75) is 13.0 Å². The van der Waals surface area contributed by atoms with E-state index >= 15 is 0 Å². The third-order valence-corrected chi connectivity index (χ3v) is 5.18. The lowest BCUT2D eigenvalue weighted by Crippen LogP contribution is -2.18. The molecule has 0 aliphatic rings. The smallest absolute Gasteiger partial charge is 0.127 e. The van der Waals surface area contributed by atoms with E-state index in [1.54, 1.807) is 25.6 Å². The van der Waals surface area contributed by atoms with Crippen molar-refractivity contribution in [2.24, 2.45) is 0 Å². The second-order valence-corrected chi connectivity index (χ2v) is 6.51. The van der Waals surface area contributed by atoms with E-state index in [0.29, 0.717) is 0 Å². The molecule has 108 valence electrons. The van der Waals surface area contributed by atoms with Gasteiger partial charge in [0.15, 0.2) is 0 Å². The van der Waals surface area contributed by atoms with Crippen LogP contribution in [-0.4, -0.2) is 21.3 Å². The number of nitrogens with one attached hydrogen (secondary N) is 1. The van der Waals surface area contributed by atoms with Crippen LogP contribution in [0.1, 0.15) is 21.4 Å². The van der Waals surface area contributed by atoms with Gasteiger partial charge in [0.25, 0.3) is 0 Å². The van der Waals surface area contributed by atoms with Crippen molar-refractivity contribution < 1.29 is 9.47 Å². The fourth-order valence-corrected chi connectivity index (χ4v) is 4.27. The number of thiophene rings is 1. The maximum absolute atomic E-state index is 5.51. The van der Waals surface area contributed by atoms with Crippen molar-refractivity contribution >= 4 is 27.3 Å². The molecule has 0 spiro atoms. The Bertz CT molecular complexity index is 575. The number of hydrogen-bond donors (Lipinski definition) is 1. The third kappa shape index (κ3) is 2.85. The number of ether oxygens (including phenoxy) is 2. The summed E-state index contributed by atoms with van der Waals surface area (Å²) in [5.41, 5.74) is 1.02. The first-order valence-electron chi connectivity index (χ1n) is 6.26. The van der Waals surface area contributed by atoms with Gasteiger partial charge in [0.05, 0.1) is 25.8 Å². The highest BCUT2D eigenvalue weighted by Crippen LogP contribution is 2.42. The highest BCUT2D eigenvalue weighted by molar-refractivity contribution is 9.10. The van der Waals surface area contributed by atoms with Crippen LogP contribution in [0.5, 0.6) is 11.5 Å². The monoisotopic (exact) mass is 355 g/mol. The summed E-state index contributed by atoms with van der Waals surface area (Å²) < 4.78 is 12.1. The van der Waals surface area contributed by atoms with E-state index in [9.17, 15) is 0 Å². The molecule has 2 aromatic rings. The predicted molar refractivity (Wildman–Crippen MR) is 87.2 cm³/mol. The number of benzene rings is 1. The van der Waals surface area contributed by atoms with Gasteiger partial charge in [0.2, 0.25) is 0 Å². The summed E-state index contributed by atoms with van der Waals surface area (Å²) >= 11 is 5.40. The Balaban J connectivity index is 2.59. The number of hydrogen-bond acceptors (Lipinski definition) is 4. The average Bonchev–Trinajstić information content (AvgIpc) is 2.78. The molecule has 1 heterocycles. The van der Waals surface area contributed by atoms with Crippen LogP contribution >= 0.6 is 27.3 Å². The number of halogens is 1. The number of aryl methyl sites for hydroxylation is 1. The van der Waals surface area contributed by atoms with Crippen molar-refractivity contribution in [2.75, 3.05) is 21.3 Å². The second-order valence-electron chi connectivity index (χ2n) is 4.37. The summed E-state index contributed by atoms with van der Waals surface area (Å²) in [5, 5.41) is 3.36. The van der Waals surface area contributed by atoms with E-state index in [-0.39, 0.29) is 6.04 Å². The molecule has 20 heavy (non-hydrogen) atoms. The zero-order valence-electron chi connectivity index (χ0n) is 12.0. The van der Waals surface area contributed by atoms with Gasteiger partial charge >= 0.3 is 0 Å². The lowest BCUT2D eigenvalue weighted by atomic mass is 10.0. The summed E-state index contributed by atoms with van der Waals surface area (Å²) in [6.45, 7) is 2.10. The van der Waals surface area contributed by atoms with Crippen LogP contribution in [-0.2, 0) is 0 Å². The molecule has 0 saturated heterocycles. The van der Waals surface area contributed by atoms with E-state index in [0.717, 1.165) is 21.5 Å². The maximum atomic E-state index is 5.51. The Morgan fingerprint density at radius 1 is 1.20 bits per heavy atom. The summed E-state index contributed by atoms with van der Waals surface area (Å²) in [6.07, 6.45) is 0. The topological polar surface area (TPSA) is 30.5 Å². The Hall–Kier alpha value is -1.04. The van der Waals surface area contributed by atoms with Gasteiger partial charge in [-0.15, -0.1) is 11.3 Å². The molecule has 0 aliphatic heterocycles. The van der Waals surface area contributed by atoms with Crippen molar-refractivity contribution in [3.05, 3.63) is 44.1 Å². The van der Waals surface area contributed by atoms with Gasteiger partial charge in [0.1, 0.15) is 11.5 Å². The van der Waals surface area contributed by atoms with Crippen molar-refractivity contribution in [3.8, 4) is 11.5 Å². The van der Waals surface area contributed by atoms with E-state index in [4.69, 9.17) is 9.47 Å². The fraction of sp³-hybridized carbons (Fsp3) is 0.333. The Morgan fingerprint density at radius 2 is 1.80 bits per heavy atom. The Labute approximate surface area is 132 Å². The first-order valence-corrected chi connectivity index (χ1v) is 7.87. The van der Waals surface area contributed by atoms with Crippen LogP contribution in [0.4, 0.5) is 0 Å². The van der Waals surface area contributed by atoms with Crippen LogP contribution in [0.15, 0.2) is 28.7 Å². The molecule has 0 fully saturated rings. The largest absolute Gasteiger partial charge is 0.496 e. The molecule has 0 saturated carbocycles.